The van der Waals surface area contributed by atoms with Gasteiger partial charge in [0.2, 0.25) is 10.0 Å². The maximum absolute atomic E-state index is 10.8. The number of unbranched alkanes of at least 4 members (excludes halogenated alkanes) is 7. The molecule has 0 amide bonds. The monoisotopic (exact) mass is 277 g/mol. The van der Waals surface area contributed by atoms with Crippen LogP contribution in [0.2, 0.25) is 0 Å². The van der Waals surface area contributed by atoms with Crippen molar-refractivity contribution in [2.75, 3.05) is 12.8 Å². The van der Waals surface area contributed by atoms with E-state index < -0.39 is 10.0 Å². The molecular weight excluding hydrogens is 246 g/mol. The first-order chi connectivity index (χ1) is 8.42. The van der Waals surface area contributed by atoms with Gasteiger partial charge in [-0.1, -0.05) is 65.2 Å². The Labute approximate surface area is 114 Å². The van der Waals surface area contributed by atoms with E-state index >= 15 is 0 Å². The average Bonchev–Trinajstić information content (AvgIpc) is 2.24. The highest BCUT2D eigenvalue weighted by molar-refractivity contribution is 7.88. The molecule has 0 aliphatic rings. The number of hydrogen-bond acceptors (Lipinski definition) is 2. The molecule has 0 fully saturated rings. The second kappa shape index (κ2) is 10.8. The summed E-state index contributed by atoms with van der Waals surface area (Å²) in [5.41, 5.74) is 0. The molecule has 0 aromatic heterocycles. The highest BCUT2D eigenvalue weighted by Crippen LogP contribution is 2.12. The fourth-order valence-corrected chi connectivity index (χ4v) is 2.51. The zero-order valence-corrected chi connectivity index (χ0v) is 13.2. The third kappa shape index (κ3) is 15.9. The number of hydrogen-bond donors (Lipinski definition) is 1. The maximum atomic E-state index is 10.8. The summed E-state index contributed by atoms with van der Waals surface area (Å²) >= 11 is 0. The second-order valence-corrected chi connectivity index (χ2v) is 7.51. The first-order valence-electron chi connectivity index (χ1n) is 7.36. The van der Waals surface area contributed by atoms with E-state index in [-0.39, 0.29) is 0 Å². The molecule has 0 rings (SSSR count). The van der Waals surface area contributed by atoms with Gasteiger partial charge in [-0.05, 0) is 12.3 Å². The molecule has 0 heterocycles. The van der Waals surface area contributed by atoms with Crippen LogP contribution >= 0.6 is 0 Å². The third-order valence-corrected chi connectivity index (χ3v) is 3.80. The summed E-state index contributed by atoms with van der Waals surface area (Å²) in [6.45, 7) is 5.16. The van der Waals surface area contributed by atoms with Gasteiger partial charge in [-0.15, -0.1) is 0 Å². The fraction of sp³-hybridized carbons (Fsp3) is 1.00. The van der Waals surface area contributed by atoms with Crippen LogP contribution in [0.1, 0.15) is 71.6 Å². The minimum atomic E-state index is -2.99. The number of nitrogens with one attached hydrogen (secondary N) is 1. The van der Waals surface area contributed by atoms with Crippen LogP contribution in [0.15, 0.2) is 0 Å². The minimum Gasteiger partial charge on any atom is -0.215 e. The van der Waals surface area contributed by atoms with Crippen LogP contribution in [0, 0.1) is 5.92 Å². The summed E-state index contributed by atoms with van der Waals surface area (Å²) in [7, 11) is -2.99. The molecule has 0 aliphatic carbocycles. The van der Waals surface area contributed by atoms with Crippen molar-refractivity contribution in [3.8, 4) is 0 Å². The molecule has 0 bridgehead atoms. The highest BCUT2D eigenvalue weighted by Gasteiger charge is 1.98. The molecular formula is C14H31NO2S. The van der Waals surface area contributed by atoms with Crippen molar-refractivity contribution in [3.63, 3.8) is 0 Å². The summed E-state index contributed by atoms with van der Waals surface area (Å²) in [5, 5.41) is 0. The molecule has 4 heteroatoms. The van der Waals surface area contributed by atoms with Gasteiger partial charge in [0.05, 0.1) is 6.26 Å². The Morgan fingerprint density at radius 2 is 1.28 bits per heavy atom. The van der Waals surface area contributed by atoms with Gasteiger partial charge in [0.1, 0.15) is 0 Å². The van der Waals surface area contributed by atoms with E-state index in [1.54, 1.807) is 0 Å². The molecule has 0 aromatic carbocycles. The molecule has 1 N–H and O–H groups in total. The predicted molar refractivity (Wildman–Crippen MR) is 79.2 cm³/mol. The van der Waals surface area contributed by atoms with Gasteiger partial charge in [0.15, 0.2) is 0 Å². The first kappa shape index (κ1) is 17.9. The lowest BCUT2D eigenvalue weighted by molar-refractivity contribution is 0.507. The van der Waals surface area contributed by atoms with Crippen LogP contribution in [0.5, 0.6) is 0 Å². The Bertz CT molecular complexity index is 274. The largest absolute Gasteiger partial charge is 0.215 e. The van der Waals surface area contributed by atoms with E-state index in [9.17, 15) is 8.42 Å². The number of sulfonamides is 1. The molecule has 0 aromatic rings. The molecule has 0 saturated carbocycles. The van der Waals surface area contributed by atoms with Gasteiger partial charge < -0.3 is 0 Å². The zero-order valence-electron chi connectivity index (χ0n) is 12.4. The zero-order chi connectivity index (χ0) is 13.9. The van der Waals surface area contributed by atoms with Crippen LogP contribution in [0.25, 0.3) is 0 Å². The van der Waals surface area contributed by atoms with Crippen LogP contribution in [-0.2, 0) is 10.0 Å². The van der Waals surface area contributed by atoms with Gasteiger partial charge in [0.25, 0.3) is 0 Å². The van der Waals surface area contributed by atoms with Crippen LogP contribution < -0.4 is 4.72 Å². The first-order valence-corrected chi connectivity index (χ1v) is 9.25. The summed E-state index contributed by atoms with van der Waals surface area (Å²) < 4.78 is 24.1. The average molecular weight is 277 g/mol. The van der Waals surface area contributed by atoms with Gasteiger partial charge in [-0.25, -0.2) is 13.1 Å². The van der Waals surface area contributed by atoms with Crippen molar-refractivity contribution in [1.82, 2.24) is 4.72 Å². The van der Waals surface area contributed by atoms with E-state index in [1.165, 1.54) is 51.2 Å². The van der Waals surface area contributed by atoms with Crippen molar-refractivity contribution in [3.05, 3.63) is 0 Å². The van der Waals surface area contributed by atoms with Crippen molar-refractivity contribution >= 4 is 10.0 Å². The molecule has 0 saturated heterocycles. The molecule has 0 atom stereocenters. The van der Waals surface area contributed by atoms with Crippen LogP contribution in [-0.4, -0.2) is 21.2 Å². The molecule has 0 aliphatic heterocycles. The lowest BCUT2D eigenvalue weighted by Crippen LogP contribution is -2.22. The Kier molecular flexibility index (Phi) is 10.7. The second-order valence-electron chi connectivity index (χ2n) is 5.68. The van der Waals surface area contributed by atoms with Crippen molar-refractivity contribution in [2.45, 2.75) is 71.6 Å². The molecule has 18 heavy (non-hydrogen) atoms. The Morgan fingerprint density at radius 1 is 0.833 bits per heavy atom. The molecule has 0 unspecified atom stereocenters. The van der Waals surface area contributed by atoms with E-state index in [0.717, 1.165) is 18.8 Å². The Morgan fingerprint density at radius 3 is 1.72 bits per heavy atom. The van der Waals surface area contributed by atoms with E-state index in [2.05, 4.69) is 18.6 Å². The van der Waals surface area contributed by atoms with E-state index in [1.807, 2.05) is 0 Å². The lowest BCUT2D eigenvalue weighted by atomic mass is 10.0. The fourth-order valence-electron chi connectivity index (χ4n) is 2.00. The minimum absolute atomic E-state index is 0.590. The van der Waals surface area contributed by atoms with E-state index in [0.29, 0.717) is 6.54 Å². The SMILES string of the molecule is CC(C)CCCCCCCCCCNS(C)(=O)=O. The smallest absolute Gasteiger partial charge is 0.208 e. The topological polar surface area (TPSA) is 46.2 Å². The maximum Gasteiger partial charge on any atom is 0.208 e. The summed E-state index contributed by atoms with van der Waals surface area (Å²) in [6, 6.07) is 0. The molecule has 0 radical (unpaired) electrons. The van der Waals surface area contributed by atoms with Gasteiger partial charge >= 0.3 is 0 Å². The van der Waals surface area contributed by atoms with Crippen LogP contribution in [0.4, 0.5) is 0 Å². The standard InChI is InChI=1S/C14H31NO2S/c1-14(2)12-10-8-6-4-5-7-9-11-13-15-18(3,16)17/h14-15H,4-13H2,1-3H3. The van der Waals surface area contributed by atoms with Crippen molar-refractivity contribution in [1.29, 1.82) is 0 Å². The quantitative estimate of drug-likeness (QED) is 0.553. The predicted octanol–water partition coefficient (Wildman–Crippen LogP) is 3.70. The van der Waals surface area contributed by atoms with E-state index in [4.69, 9.17) is 0 Å². The van der Waals surface area contributed by atoms with Gasteiger partial charge in [0, 0.05) is 6.54 Å². The molecule has 3 nitrogen and oxygen atoms in total. The van der Waals surface area contributed by atoms with Crippen LogP contribution in [0.3, 0.4) is 0 Å². The van der Waals surface area contributed by atoms with Gasteiger partial charge in [-0.2, -0.15) is 0 Å². The highest BCUT2D eigenvalue weighted by atomic mass is 32.2. The summed E-state index contributed by atoms with van der Waals surface area (Å²) in [5.74, 6) is 0.840. The molecule has 0 spiro atoms. The normalized spacial score (nSPS) is 12.2. The summed E-state index contributed by atoms with van der Waals surface area (Å²) in [4.78, 5) is 0. The Balaban J connectivity index is 3.08. The summed E-state index contributed by atoms with van der Waals surface area (Å²) in [6.07, 6.45) is 12.6. The van der Waals surface area contributed by atoms with Crippen molar-refractivity contribution in [2.24, 2.45) is 5.92 Å². The number of rotatable bonds is 12. The van der Waals surface area contributed by atoms with Gasteiger partial charge in [-0.3, -0.25) is 0 Å². The Hall–Kier alpha value is -0.0900. The lowest BCUT2D eigenvalue weighted by Gasteiger charge is -2.05. The van der Waals surface area contributed by atoms with Crippen molar-refractivity contribution < 1.29 is 8.42 Å². The molecule has 110 valence electrons. The third-order valence-electron chi connectivity index (χ3n) is 3.07.